The smallest absolute Gasteiger partial charge is 0.317 e. The highest BCUT2D eigenvalue weighted by Gasteiger charge is 2.39. The van der Waals surface area contributed by atoms with Gasteiger partial charge in [0.05, 0.1) is 17.1 Å². The number of benzene rings is 1. The summed E-state index contributed by atoms with van der Waals surface area (Å²) in [4.78, 5) is 12.3. The molecule has 0 aliphatic rings. The molecule has 0 aliphatic heterocycles. The molecule has 0 atom stereocenters. The zero-order valence-electron chi connectivity index (χ0n) is 14.9. The lowest BCUT2D eigenvalue weighted by molar-refractivity contribution is -0.151. The summed E-state index contributed by atoms with van der Waals surface area (Å²) >= 11 is 0. The zero-order valence-corrected chi connectivity index (χ0v) is 14.9. The number of carbonyl (C=O) groups is 1. The van der Waals surface area contributed by atoms with Crippen molar-refractivity contribution in [1.82, 2.24) is 0 Å². The minimum Gasteiger partial charge on any atom is -0.420 e. The second kappa shape index (κ2) is 7.27. The molecule has 142 valence electrons. The molecule has 0 saturated carbocycles. The lowest BCUT2D eigenvalue weighted by atomic mass is 9.81. The molecule has 1 aromatic rings. The largest absolute Gasteiger partial charge is 0.420 e. The van der Waals surface area contributed by atoms with Gasteiger partial charge in [0.25, 0.3) is 0 Å². The second-order valence-corrected chi connectivity index (χ2v) is 7.28. The van der Waals surface area contributed by atoms with Crippen LogP contribution in [0.15, 0.2) is 0 Å². The third-order valence-electron chi connectivity index (χ3n) is 3.34. The number of esters is 1. The van der Waals surface area contributed by atoms with E-state index in [-0.39, 0.29) is 12.5 Å². The van der Waals surface area contributed by atoms with Crippen LogP contribution in [0.1, 0.15) is 48.0 Å². The Balaban J connectivity index is 3.10. The molecule has 3 nitrogen and oxygen atoms in total. The van der Waals surface area contributed by atoms with Gasteiger partial charge in [-0.1, -0.05) is 0 Å². The van der Waals surface area contributed by atoms with Crippen LogP contribution in [-0.4, -0.2) is 17.7 Å². The molecule has 0 unspecified atom stereocenters. The fourth-order valence-electron chi connectivity index (χ4n) is 2.72. The zero-order chi connectivity index (χ0) is 19.7. The third-order valence-corrected chi connectivity index (χ3v) is 3.34. The van der Waals surface area contributed by atoms with E-state index in [1.165, 1.54) is 13.8 Å². The predicted molar refractivity (Wildman–Crippen MR) is 80.6 cm³/mol. The van der Waals surface area contributed by atoms with E-state index in [0.717, 1.165) is 0 Å². The minimum absolute atomic E-state index is 0.0897. The summed E-state index contributed by atoms with van der Waals surface area (Å²) in [6, 6.07) is 0. The van der Waals surface area contributed by atoms with Crippen LogP contribution in [-0.2, 0) is 9.53 Å². The molecule has 0 bridgehead atoms. The van der Waals surface area contributed by atoms with Gasteiger partial charge in [0.2, 0.25) is 34.8 Å². The van der Waals surface area contributed by atoms with Crippen molar-refractivity contribution in [2.45, 2.75) is 59.7 Å². The first-order valence-electron chi connectivity index (χ1n) is 7.61. The Hall–Kier alpha value is -1.70. The topological polar surface area (TPSA) is 35.5 Å². The highest BCUT2D eigenvalue weighted by molar-refractivity contribution is 5.78. The fourth-order valence-corrected chi connectivity index (χ4v) is 2.72. The van der Waals surface area contributed by atoms with E-state index in [0.29, 0.717) is 0 Å². The van der Waals surface area contributed by atoms with Gasteiger partial charge in [-0.2, -0.15) is 8.78 Å². The first-order chi connectivity index (χ1) is 11.2. The van der Waals surface area contributed by atoms with Crippen molar-refractivity contribution < 1.29 is 36.2 Å². The Morgan fingerprint density at radius 2 is 1.28 bits per heavy atom. The maximum atomic E-state index is 13.6. The van der Waals surface area contributed by atoms with E-state index in [2.05, 4.69) is 4.74 Å². The van der Waals surface area contributed by atoms with E-state index < -0.39 is 51.8 Å². The molecule has 0 saturated heterocycles. The molecule has 25 heavy (non-hydrogen) atoms. The molecular formula is C17H21F5O3. The summed E-state index contributed by atoms with van der Waals surface area (Å²) in [5.74, 6) is -13.8. The average molecular weight is 368 g/mol. The van der Waals surface area contributed by atoms with Crippen molar-refractivity contribution >= 4 is 5.97 Å². The number of hydrogen-bond donors (Lipinski definition) is 0. The fraction of sp³-hybridized carbons (Fsp3) is 0.588. The van der Waals surface area contributed by atoms with E-state index >= 15 is 0 Å². The van der Waals surface area contributed by atoms with Crippen LogP contribution in [0.3, 0.4) is 0 Å². The standard InChI is InChI=1S/C17H21F5O3/c1-8(2)25-17(5,6)7-16(3,4)15(23)24-14-12(21)10(19)9(18)11(20)13(14)22/h8H,7H2,1-6H3. The number of carbonyl (C=O) groups excluding carboxylic acids is 1. The predicted octanol–water partition coefficient (Wildman–Crippen LogP) is 4.91. The molecule has 0 spiro atoms. The Morgan fingerprint density at radius 3 is 1.68 bits per heavy atom. The van der Waals surface area contributed by atoms with Gasteiger partial charge in [0.1, 0.15) is 0 Å². The maximum Gasteiger partial charge on any atom is 0.317 e. The van der Waals surface area contributed by atoms with Crippen molar-refractivity contribution in [3.8, 4) is 5.75 Å². The lowest BCUT2D eigenvalue weighted by Crippen LogP contribution is -2.39. The Kier molecular flexibility index (Phi) is 6.21. The summed E-state index contributed by atoms with van der Waals surface area (Å²) in [6.07, 6.45) is -0.0520. The molecule has 0 N–H and O–H groups in total. The Morgan fingerprint density at radius 1 is 0.880 bits per heavy atom. The first-order valence-corrected chi connectivity index (χ1v) is 7.61. The van der Waals surface area contributed by atoms with Gasteiger partial charge in [0, 0.05) is 0 Å². The van der Waals surface area contributed by atoms with E-state index in [1.807, 2.05) is 0 Å². The molecule has 0 radical (unpaired) electrons. The molecule has 0 amide bonds. The summed E-state index contributed by atoms with van der Waals surface area (Å²) < 4.78 is 76.9. The maximum absolute atomic E-state index is 13.6. The molecule has 0 aliphatic carbocycles. The van der Waals surface area contributed by atoms with Gasteiger partial charge in [-0.3, -0.25) is 4.79 Å². The first kappa shape index (κ1) is 21.3. The van der Waals surface area contributed by atoms with Crippen molar-refractivity contribution in [2.24, 2.45) is 5.41 Å². The lowest BCUT2D eigenvalue weighted by Gasteiger charge is -2.34. The van der Waals surface area contributed by atoms with Gasteiger partial charge >= 0.3 is 5.97 Å². The van der Waals surface area contributed by atoms with Crippen LogP contribution in [0, 0.1) is 34.5 Å². The average Bonchev–Trinajstić information content (AvgIpc) is 2.44. The second-order valence-electron chi connectivity index (χ2n) is 7.28. The Bertz CT molecular complexity index is 640. The normalized spacial score (nSPS) is 12.6. The van der Waals surface area contributed by atoms with Crippen molar-refractivity contribution in [2.75, 3.05) is 0 Å². The molecule has 0 heterocycles. The molecular weight excluding hydrogens is 347 g/mol. The number of rotatable bonds is 6. The summed E-state index contributed by atoms with van der Waals surface area (Å²) in [7, 11) is 0. The van der Waals surface area contributed by atoms with Gasteiger partial charge in [-0.15, -0.1) is 0 Å². The quantitative estimate of drug-likeness (QED) is 0.235. The van der Waals surface area contributed by atoms with Crippen LogP contribution in [0.5, 0.6) is 5.75 Å². The highest BCUT2D eigenvalue weighted by Crippen LogP contribution is 2.35. The van der Waals surface area contributed by atoms with Gasteiger partial charge in [-0.05, 0) is 48.0 Å². The molecule has 1 rings (SSSR count). The van der Waals surface area contributed by atoms with E-state index in [4.69, 9.17) is 4.74 Å². The van der Waals surface area contributed by atoms with Crippen molar-refractivity contribution in [1.29, 1.82) is 0 Å². The van der Waals surface area contributed by atoms with Crippen LogP contribution >= 0.6 is 0 Å². The van der Waals surface area contributed by atoms with Crippen LogP contribution < -0.4 is 4.74 Å². The summed E-state index contributed by atoms with van der Waals surface area (Å²) in [5, 5.41) is 0. The van der Waals surface area contributed by atoms with Gasteiger partial charge in [0.15, 0.2) is 0 Å². The van der Waals surface area contributed by atoms with Crippen molar-refractivity contribution in [3.63, 3.8) is 0 Å². The molecule has 0 fully saturated rings. The highest BCUT2D eigenvalue weighted by atomic mass is 19.2. The van der Waals surface area contributed by atoms with Crippen molar-refractivity contribution in [3.05, 3.63) is 29.1 Å². The van der Waals surface area contributed by atoms with E-state index in [1.54, 1.807) is 27.7 Å². The van der Waals surface area contributed by atoms with E-state index in [9.17, 15) is 26.7 Å². The molecule has 8 heteroatoms. The minimum atomic E-state index is -2.32. The molecule has 1 aromatic carbocycles. The molecule has 0 aromatic heterocycles. The summed E-state index contributed by atoms with van der Waals surface area (Å²) in [6.45, 7) is 9.85. The monoisotopic (exact) mass is 368 g/mol. The SMILES string of the molecule is CC(C)OC(C)(C)CC(C)(C)C(=O)Oc1c(F)c(F)c(F)c(F)c1F. The number of ether oxygens (including phenoxy) is 2. The van der Waals surface area contributed by atoms with Crippen LogP contribution in [0.25, 0.3) is 0 Å². The van der Waals surface area contributed by atoms with Crippen LogP contribution in [0.4, 0.5) is 22.0 Å². The number of halogens is 5. The van der Waals surface area contributed by atoms with Gasteiger partial charge < -0.3 is 9.47 Å². The van der Waals surface area contributed by atoms with Crippen LogP contribution in [0.2, 0.25) is 0 Å². The summed E-state index contributed by atoms with van der Waals surface area (Å²) in [5.41, 5.74) is -2.09. The van der Waals surface area contributed by atoms with Gasteiger partial charge in [-0.25, -0.2) is 13.2 Å². The third kappa shape index (κ3) is 4.90. The number of hydrogen-bond acceptors (Lipinski definition) is 3. The Labute approximate surface area is 143 Å².